The quantitative estimate of drug-likeness (QED) is 0.842. The van der Waals surface area contributed by atoms with Crippen LogP contribution in [0.2, 0.25) is 0 Å². The first-order chi connectivity index (χ1) is 12.2. The Hall–Kier alpha value is -2.62. The predicted octanol–water partition coefficient (Wildman–Crippen LogP) is 2.53. The lowest BCUT2D eigenvalue weighted by Crippen LogP contribution is -2.51. The van der Waals surface area contributed by atoms with Crippen molar-refractivity contribution in [2.45, 2.75) is 19.3 Å². The van der Waals surface area contributed by atoms with Crippen LogP contribution >= 0.6 is 0 Å². The van der Waals surface area contributed by atoms with Crippen LogP contribution < -0.4 is 0 Å². The molecular formula is C21H24N2O2. The van der Waals surface area contributed by atoms with Gasteiger partial charge in [-0.15, -0.1) is 0 Å². The van der Waals surface area contributed by atoms with E-state index in [1.54, 1.807) is 0 Å². The third-order valence-electron chi connectivity index (χ3n) is 4.65. The number of benzene rings is 2. The second-order valence-electron chi connectivity index (χ2n) is 6.41. The van der Waals surface area contributed by atoms with Gasteiger partial charge in [-0.25, -0.2) is 0 Å². The molecule has 2 aromatic carbocycles. The molecule has 1 aliphatic heterocycles. The van der Waals surface area contributed by atoms with Gasteiger partial charge in [0.1, 0.15) is 0 Å². The van der Waals surface area contributed by atoms with Crippen molar-refractivity contribution in [3.8, 4) is 0 Å². The lowest BCUT2D eigenvalue weighted by atomic mass is 10.1. The van der Waals surface area contributed by atoms with Gasteiger partial charge >= 0.3 is 0 Å². The first-order valence-corrected chi connectivity index (χ1v) is 8.86. The fourth-order valence-electron chi connectivity index (χ4n) is 3.14. The molecule has 0 aromatic heterocycles. The third-order valence-corrected chi connectivity index (χ3v) is 4.65. The van der Waals surface area contributed by atoms with Gasteiger partial charge in [-0.05, 0) is 17.5 Å². The van der Waals surface area contributed by atoms with Gasteiger partial charge in [0.2, 0.25) is 11.8 Å². The fourth-order valence-corrected chi connectivity index (χ4v) is 3.14. The van der Waals surface area contributed by atoms with Crippen LogP contribution in [0.15, 0.2) is 60.7 Å². The molecule has 2 aromatic rings. The van der Waals surface area contributed by atoms with Crippen molar-refractivity contribution in [2.75, 3.05) is 26.2 Å². The first kappa shape index (κ1) is 17.2. The highest BCUT2D eigenvalue weighted by atomic mass is 16.2. The van der Waals surface area contributed by atoms with E-state index in [2.05, 4.69) is 0 Å². The van der Waals surface area contributed by atoms with Crippen molar-refractivity contribution in [2.24, 2.45) is 0 Å². The van der Waals surface area contributed by atoms with Gasteiger partial charge in [0.25, 0.3) is 0 Å². The summed E-state index contributed by atoms with van der Waals surface area (Å²) in [6, 6.07) is 19.9. The summed E-state index contributed by atoms with van der Waals surface area (Å²) in [5.41, 5.74) is 2.22. The van der Waals surface area contributed by atoms with E-state index in [0.717, 1.165) is 12.0 Å². The van der Waals surface area contributed by atoms with E-state index in [1.807, 2.05) is 70.5 Å². The molecule has 0 bridgehead atoms. The molecule has 4 heteroatoms. The second kappa shape index (κ2) is 8.47. The van der Waals surface area contributed by atoms with Crippen molar-refractivity contribution in [1.29, 1.82) is 0 Å². The summed E-state index contributed by atoms with van der Waals surface area (Å²) in [5.74, 6) is 0.321. The minimum Gasteiger partial charge on any atom is -0.339 e. The second-order valence-corrected chi connectivity index (χ2v) is 6.41. The van der Waals surface area contributed by atoms with E-state index in [-0.39, 0.29) is 11.8 Å². The van der Waals surface area contributed by atoms with Gasteiger partial charge in [0.05, 0.1) is 6.42 Å². The van der Waals surface area contributed by atoms with Crippen molar-refractivity contribution >= 4 is 11.8 Å². The summed E-state index contributed by atoms with van der Waals surface area (Å²) in [4.78, 5) is 28.5. The fraction of sp³-hybridized carbons (Fsp3) is 0.333. The molecule has 0 saturated carbocycles. The number of hydrogen-bond acceptors (Lipinski definition) is 2. The highest BCUT2D eigenvalue weighted by Crippen LogP contribution is 2.10. The number of piperazine rings is 1. The normalized spacial score (nSPS) is 14.4. The molecule has 4 nitrogen and oxygen atoms in total. The summed E-state index contributed by atoms with van der Waals surface area (Å²) in [7, 11) is 0. The van der Waals surface area contributed by atoms with E-state index in [1.165, 1.54) is 5.56 Å². The van der Waals surface area contributed by atoms with E-state index >= 15 is 0 Å². The molecule has 0 aliphatic carbocycles. The van der Waals surface area contributed by atoms with Crippen LogP contribution in [0.3, 0.4) is 0 Å². The number of amides is 2. The molecule has 0 radical (unpaired) electrons. The molecule has 1 heterocycles. The predicted molar refractivity (Wildman–Crippen MR) is 98.1 cm³/mol. The SMILES string of the molecule is O=C(CCc1ccccc1)N1CCN(C(=O)Cc2ccccc2)CC1. The first-order valence-electron chi connectivity index (χ1n) is 8.86. The largest absolute Gasteiger partial charge is 0.339 e. The highest BCUT2D eigenvalue weighted by molar-refractivity contribution is 5.80. The van der Waals surface area contributed by atoms with E-state index in [4.69, 9.17) is 0 Å². The maximum Gasteiger partial charge on any atom is 0.227 e. The van der Waals surface area contributed by atoms with Gasteiger partial charge in [-0.3, -0.25) is 9.59 Å². The summed E-state index contributed by atoms with van der Waals surface area (Å²) in [6.45, 7) is 2.52. The molecular weight excluding hydrogens is 312 g/mol. The van der Waals surface area contributed by atoms with Gasteiger partial charge < -0.3 is 9.80 Å². The molecule has 1 fully saturated rings. The monoisotopic (exact) mass is 336 g/mol. The Morgan fingerprint density at radius 2 is 1.16 bits per heavy atom. The standard InChI is InChI=1S/C21H24N2O2/c24-20(12-11-18-7-3-1-4-8-18)22-13-15-23(16-14-22)21(25)17-19-9-5-2-6-10-19/h1-10H,11-17H2. The van der Waals surface area contributed by atoms with Crippen molar-refractivity contribution < 1.29 is 9.59 Å². The Morgan fingerprint density at radius 1 is 0.680 bits per heavy atom. The van der Waals surface area contributed by atoms with Gasteiger partial charge in [-0.2, -0.15) is 0 Å². The van der Waals surface area contributed by atoms with Crippen LogP contribution in [0.25, 0.3) is 0 Å². The minimum absolute atomic E-state index is 0.141. The summed E-state index contributed by atoms with van der Waals surface area (Å²) in [5, 5.41) is 0. The number of carbonyl (C=O) groups is 2. The summed E-state index contributed by atoms with van der Waals surface area (Å²) in [6.07, 6.45) is 1.73. The summed E-state index contributed by atoms with van der Waals surface area (Å²) >= 11 is 0. The molecule has 0 atom stereocenters. The smallest absolute Gasteiger partial charge is 0.227 e. The van der Waals surface area contributed by atoms with E-state index < -0.39 is 0 Å². The Balaban J connectivity index is 1.43. The van der Waals surface area contributed by atoms with Crippen LogP contribution in [0.4, 0.5) is 0 Å². The van der Waals surface area contributed by atoms with E-state index in [9.17, 15) is 9.59 Å². The number of nitrogens with zero attached hydrogens (tertiary/aromatic N) is 2. The molecule has 0 unspecified atom stereocenters. The lowest BCUT2D eigenvalue weighted by Gasteiger charge is -2.35. The molecule has 0 N–H and O–H groups in total. The number of carbonyl (C=O) groups excluding carboxylic acids is 2. The Morgan fingerprint density at radius 3 is 1.72 bits per heavy atom. The van der Waals surface area contributed by atoms with Gasteiger partial charge in [-0.1, -0.05) is 60.7 Å². The van der Waals surface area contributed by atoms with Gasteiger partial charge in [0.15, 0.2) is 0 Å². The maximum atomic E-state index is 12.4. The Bertz CT molecular complexity index is 692. The highest BCUT2D eigenvalue weighted by Gasteiger charge is 2.23. The summed E-state index contributed by atoms with van der Waals surface area (Å²) < 4.78 is 0. The minimum atomic E-state index is 0.141. The molecule has 2 amide bonds. The van der Waals surface area contributed by atoms with Crippen LogP contribution in [0, 0.1) is 0 Å². The molecule has 1 aliphatic rings. The Kier molecular flexibility index (Phi) is 5.83. The average molecular weight is 336 g/mol. The molecule has 130 valence electrons. The molecule has 1 saturated heterocycles. The average Bonchev–Trinajstić information content (AvgIpc) is 2.68. The number of aryl methyl sites for hydroxylation is 1. The van der Waals surface area contributed by atoms with Crippen molar-refractivity contribution in [1.82, 2.24) is 9.80 Å². The Labute approximate surface area is 149 Å². The van der Waals surface area contributed by atoms with Crippen molar-refractivity contribution in [3.05, 3.63) is 71.8 Å². The van der Waals surface area contributed by atoms with Crippen LogP contribution in [0.1, 0.15) is 17.5 Å². The van der Waals surface area contributed by atoms with Crippen LogP contribution in [0.5, 0.6) is 0 Å². The van der Waals surface area contributed by atoms with Gasteiger partial charge in [0, 0.05) is 32.6 Å². The zero-order valence-corrected chi connectivity index (χ0v) is 14.4. The molecule has 25 heavy (non-hydrogen) atoms. The zero-order chi connectivity index (χ0) is 17.5. The van der Waals surface area contributed by atoms with Crippen LogP contribution in [-0.2, 0) is 22.4 Å². The van der Waals surface area contributed by atoms with Crippen LogP contribution in [-0.4, -0.2) is 47.8 Å². The zero-order valence-electron chi connectivity index (χ0n) is 14.4. The topological polar surface area (TPSA) is 40.6 Å². The number of hydrogen-bond donors (Lipinski definition) is 0. The number of rotatable bonds is 5. The van der Waals surface area contributed by atoms with Crippen molar-refractivity contribution in [3.63, 3.8) is 0 Å². The molecule has 3 rings (SSSR count). The maximum absolute atomic E-state index is 12.4. The lowest BCUT2D eigenvalue weighted by molar-refractivity contribution is -0.139. The third kappa shape index (κ3) is 4.92. The molecule has 0 spiro atoms. The van der Waals surface area contributed by atoms with E-state index in [0.29, 0.717) is 39.0 Å².